The van der Waals surface area contributed by atoms with Crippen LogP contribution in [0.1, 0.15) is 12.6 Å². The van der Waals surface area contributed by atoms with E-state index in [0.29, 0.717) is 24.0 Å². The average Bonchev–Trinajstić information content (AvgIpc) is 2.41. The number of aromatic nitrogens is 2. The maximum Gasteiger partial charge on any atom is 0.252 e. The van der Waals surface area contributed by atoms with Crippen molar-refractivity contribution in [3.05, 3.63) is 46.4 Å². The SMILES string of the molecule is CCOc1ccccc1Nc1nc(COC)cc(=O)[nH]1. The molecule has 2 N–H and O–H groups in total. The monoisotopic (exact) mass is 275 g/mol. The van der Waals surface area contributed by atoms with E-state index < -0.39 is 0 Å². The molecule has 0 saturated carbocycles. The van der Waals surface area contributed by atoms with Crippen molar-refractivity contribution >= 4 is 11.6 Å². The standard InChI is InChI=1S/C14H17N3O3/c1-3-20-12-7-5-4-6-11(12)16-14-15-10(9-19-2)8-13(18)17-14/h4-8H,3,9H2,1-2H3,(H2,15,16,17,18). The van der Waals surface area contributed by atoms with Gasteiger partial charge in [-0.15, -0.1) is 0 Å². The first-order valence-corrected chi connectivity index (χ1v) is 6.31. The molecule has 0 atom stereocenters. The van der Waals surface area contributed by atoms with Gasteiger partial charge < -0.3 is 14.8 Å². The van der Waals surface area contributed by atoms with E-state index in [4.69, 9.17) is 9.47 Å². The lowest BCUT2D eigenvalue weighted by Crippen LogP contribution is -2.12. The second-order valence-corrected chi connectivity index (χ2v) is 4.07. The third kappa shape index (κ3) is 3.58. The number of methoxy groups -OCH3 is 1. The summed E-state index contributed by atoms with van der Waals surface area (Å²) in [6, 6.07) is 8.87. The van der Waals surface area contributed by atoms with Crippen LogP contribution in [0.15, 0.2) is 35.1 Å². The van der Waals surface area contributed by atoms with Crippen LogP contribution in [0, 0.1) is 0 Å². The Balaban J connectivity index is 2.27. The van der Waals surface area contributed by atoms with E-state index >= 15 is 0 Å². The second-order valence-electron chi connectivity index (χ2n) is 4.07. The number of nitrogens with zero attached hydrogens (tertiary/aromatic N) is 1. The van der Waals surface area contributed by atoms with Crippen molar-refractivity contribution in [3.8, 4) is 5.75 Å². The quantitative estimate of drug-likeness (QED) is 0.844. The van der Waals surface area contributed by atoms with Gasteiger partial charge in [-0.2, -0.15) is 0 Å². The van der Waals surface area contributed by atoms with Gasteiger partial charge in [-0.1, -0.05) is 12.1 Å². The molecule has 1 heterocycles. The van der Waals surface area contributed by atoms with Gasteiger partial charge in [0.2, 0.25) is 5.95 Å². The van der Waals surface area contributed by atoms with Gasteiger partial charge in [0, 0.05) is 13.2 Å². The molecule has 2 rings (SSSR count). The fraction of sp³-hybridized carbons (Fsp3) is 0.286. The lowest BCUT2D eigenvalue weighted by atomic mass is 10.3. The van der Waals surface area contributed by atoms with Crippen LogP contribution in [0.4, 0.5) is 11.6 Å². The number of ether oxygens (including phenoxy) is 2. The topological polar surface area (TPSA) is 76.2 Å². The minimum atomic E-state index is -0.233. The van der Waals surface area contributed by atoms with Crippen molar-refractivity contribution in [1.29, 1.82) is 0 Å². The van der Waals surface area contributed by atoms with Crippen LogP contribution in [-0.2, 0) is 11.3 Å². The molecule has 0 spiro atoms. The van der Waals surface area contributed by atoms with Crippen molar-refractivity contribution in [2.45, 2.75) is 13.5 Å². The van der Waals surface area contributed by atoms with E-state index in [1.54, 1.807) is 7.11 Å². The maximum atomic E-state index is 11.6. The summed E-state index contributed by atoms with van der Waals surface area (Å²) in [6.07, 6.45) is 0. The molecular formula is C14H17N3O3. The molecule has 106 valence electrons. The first-order chi connectivity index (χ1) is 9.72. The Labute approximate surface area is 116 Å². The van der Waals surface area contributed by atoms with Crippen molar-refractivity contribution in [3.63, 3.8) is 0 Å². The number of nitrogens with one attached hydrogen (secondary N) is 2. The van der Waals surface area contributed by atoms with Gasteiger partial charge in [0.05, 0.1) is 24.6 Å². The van der Waals surface area contributed by atoms with Crippen molar-refractivity contribution in [2.75, 3.05) is 19.0 Å². The Kier molecular flexibility index (Phi) is 4.73. The van der Waals surface area contributed by atoms with Gasteiger partial charge in [-0.05, 0) is 19.1 Å². The van der Waals surface area contributed by atoms with Crippen LogP contribution in [-0.4, -0.2) is 23.7 Å². The second kappa shape index (κ2) is 6.72. The number of benzene rings is 1. The highest BCUT2D eigenvalue weighted by atomic mass is 16.5. The molecule has 0 radical (unpaired) electrons. The number of rotatable bonds is 6. The lowest BCUT2D eigenvalue weighted by Gasteiger charge is -2.11. The molecule has 0 aliphatic heterocycles. The summed E-state index contributed by atoms with van der Waals surface area (Å²) >= 11 is 0. The highest BCUT2D eigenvalue weighted by molar-refractivity contribution is 5.62. The number of hydrogen-bond donors (Lipinski definition) is 2. The van der Waals surface area contributed by atoms with Crippen molar-refractivity contribution in [1.82, 2.24) is 9.97 Å². The van der Waals surface area contributed by atoms with Crippen molar-refractivity contribution < 1.29 is 9.47 Å². The Morgan fingerprint density at radius 3 is 2.90 bits per heavy atom. The molecule has 20 heavy (non-hydrogen) atoms. The largest absolute Gasteiger partial charge is 0.492 e. The lowest BCUT2D eigenvalue weighted by molar-refractivity contribution is 0.181. The minimum Gasteiger partial charge on any atom is -0.492 e. The molecule has 0 bridgehead atoms. The predicted octanol–water partition coefficient (Wildman–Crippen LogP) is 2.06. The first-order valence-electron chi connectivity index (χ1n) is 6.31. The molecule has 0 saturated heterocycles. The summed E-state index contributed by atoms with van der Waals surface area (Å²) in [6.45, 7) is 2.76. The van der Waals surface area contributed by atoms with E-state index in [2.05, 4.69) is 15.3 Å². The summed E-state index contributed by atoms with van der Waals surface area (Å²) in [4.78, 5) is 18.5. The summed E-state index contributed by atoms with van der Waals surface area (Å²) in [7, 11) is 1.56. The van der Waals surface area contributed by atoms with Gasteiger partial charge in [0.1, 0.15) is 5.75 Å². The van der Waals surface area contributed by atoms with Crippen LogP contribution < -0.4 is 15.6 Å². The van der Waals surface area contributed by atoms with E-state index in [9.17, 15) is 4.79 Å². The number of hydrogen-bond acceptors (Lipinski definition) is 5. The third-order valence-electron chi connectivity index (χ3n) is 2.53. The molecule has 6 heteroatoms. The summed E-state index contributed by atoms with van der Waals surface area (Å²) in [5, 5.41) is 3.05. The zero-order valence-corrected chi connectivity index (χ0v) is 11.5. The van der Waals surface area contributed by atoms with Crippen LogP contribution in [0.25, 0.3) is 0 Å². The highest BCUT2D eigenvalue weighted by Gasteiger charge is 2.06. The summed E-state index contributed by atoms with van der Waals surface area (Å²) < 4.78 is 10.5. The van der Waals surface area contributed by atoms with Crippen molar-refractivity contribution in [2.24, 2.45) is 0 Å². The zero-order valence-electron chi connectivity index (χ0n) is 11.5. The smallest absolute Gasteiger partial charge is 0.252 e. The Morgan fingerprint density at radius 2 is 2.15 bits per heavy atom. The molecule has 1 aromatic heterocycles. The van der Waals surface area contributed by atoms with Crippen LogP contribution >= 0.6 is 0 Å². The fourth-order valence-corrected chi connectivity index (χ4v) is 1.77. The Bertz CT molecular complexity index is 625. The Morgan fingerprint density at radius 1 is 1.35 bits per heavy atom. The molecule has 0 aliphatic rings. The Hall–Kier alpha value is -2.34. The van der Waals surface area contributed by atoms with E-state index in [1.165, 1.54) is 6.07 Å². The fourth-order valence-electron chi connectivity index (χ4n) is 1.77. The first kappa shape index (κ1) is 14.1. The van der Waals surface area contributed by atoms with E-state index in [-0.39, 0.29) is 12.2 Å². The van der Waals surface area contributed by atoms with Gasteiger partial charge in [0.25, 0.3) is 5.56 Å². The molecule has 0 fully saturated rings. The molecule has 1 aromatic carbocycles. The molecule has 2 aromatic rings. The molecule has 0 aliphatic carbocycles. The molecule has 6 nitrogen and oxygen atoms in total. The third-order valence-corrected chi connectivity index (χ3v) is 2.53. The molecular weight excluding hydrogens is 258 g/mol. The number of para-hydroxylation sites is 2. The van der Waals surface area contributed by atoms with Crippen LogP contribution in [0.2, 0.25) is 0 Å². The highest BCUT2D eigenvalue weighted by Crippen LogP contribution is 2.25. The normalized spacial score (nSPS) is 10.3. The summed E-state index contributed by atoms with van der Waals surface area (Å²) in [5.41, 5.74) is 1.07. The number of aromatic amines is 1. The van der Waals surface area contributed by atoms with Crippen LogP contribution in [0.5, 0.6) is 5.75 Å². The van der Waals surface area contributed by atoms with Gasteiger partial charge >= 0.3 is 0 Å². The van der Waals surface area contributed by atoms with Gasteiger partial charge in [0.15, 0.2) is 0 Å². The maximum absolute atomic E-state index is 11.6. The van der Waals surface area contributed by atoms with Gasteiger partial charge in [-0.25, -0.2) is 4.98 Å². The number of anilines is 2. The molecule has 0 unspecified atom stereocenters. The summed E-state index contributed by atoms with van der Waals surface area (Å²) in [5.74, 6) is 1.06. The zero-order chi connectivity index (χ0) is 14.4. The number of H-pyrrole nitrogens is 1. The average molecular weight is 275 g/mol. The van der Waals surface area contributed by atoms with E-state index in [1.807, 2.05) is 31.2 Å². The predicted molar refractivity (Wildman–Crippen MR) is 76.5 cm³/mol. The van der Waals surface area contributed by atoms with Crippen LogP contribution in [0.3, 0.4) is 0 Å². The minimum absolute atomic E-state index is 0.233. The van der Waals surface area contributed by atoms with Gasteiger partial charge in [-0.3, -0.25) is 9.78 Å². The molecule has 0 amide bonds. The van der Waals surface area contributed by atoms with E-state index in [0.717, 1.165) is 5.69 Å².